The Kier molecular flexibility index (Phi) is 2.70. The van der Waals surface area contributed by atoms with Gasteiger partial charge in [-0.3, -0.25) is 4.79 Å². The standard InChI is InChI=1S/C8H5ClN2O3S/c9-5-2-1-4(15-5)8-10-6(11-14-8)3-7(12)13/h1-2H,3H2,(H,12,13). The highest BCUT2D eigenvalue weighted by Gasteiger charge is 2.12. The number of nitrogens with zero attached hydrogens (tertiary/aromatic N) is 2. The summed E-state index contributed by atoms with van der Waals surface area (Å²) in [6.07, 6.45) is -0.247. The van der Waals surface area contributed by atoms with E-state index in [-0.39, 0.29) is 12.2 Å². The molecule has 0 aliphatic heterocycles. The number of rotatable bonds is 3. The van der Waals surface area contributed by atoms with Crippen molar-refractivity contribution in [1.82, 2.24) is 10.1 Å². The second kappa shape index (κ2) is 4.00. The van der Waals surface area contributed by atoms with Crippen LogP contribution in [0, 0.1) is 0 Å². The highest BCUT2D eigenvalue weighted by molar-refractivity contribution is 7.19. The molecule has 15 heavy (non-hydrogen) atoms. The van der Waals surface area contributed by atoms with Crippen LogP contribution in [0.25, 0.3) is 10.8 Å². The molecule has 0 amide bonds. The van der Waals surface area contributed by atoms with E-state index in [1.54, 1.807) is 12.1 Å². The van der Waals surface area contributed by atoms with Gasteiger partial charge < -0.3 is 9.63 Å². The number of thiophene rings is 1. The van der Waals surface area contributed by atoms with Gasteiger partial charge in [0, 0.05) is 0 Å². The van der Waals surface area contributed by atoms with Gasteiger partial charge >= 0.3 is 5.97 Å². The van der Waals surface area contributed by atoms with Crippen LogP contribution >= 0.6 is 22.9 Å². The Hall–Kier alpha value is -1.40. The van der Waals surface area contributed by atoms with Gasteiger partial charge in [0.05, 0.1) is 9.21 Å². The van der Waals surface area contributed by atoms with Crippen LogP contribution in [0.15, 0.2) is 16.7 Å². The Labute approximate surface area is 93.3 Å². The molecule has 0 unspecified atom stereocenters. The Morgan fingerprint density at radius 1 is 1.60 bits per heavy atom. The summed E-state index contributed by atoms with van der Waals surface area (Å²) < 4.78 is 5.51. The average molecular weight is 245 g/mol. The van der Waals surface area contributed by atoms with Gasteiger partial charge in [-0.25, -0.2) is 0 Å². The summed E-state index contributed by atoms with van der Waals surface area (Å²) in [6, 6.07) is 3.45. The maximum absolute atomic E-state index is 10.4. The Morgan fingerprint density at radius 2 is 2.40 bits per heavy atom. The third kappa shape index (κ3) is 2.34. The van der Waals surface area contributed by atoms with E-state index in [2.05, 4.69) is 10.1 Å². The van der Waals surface area contributed by atoms with Gasteiger partial charge in [-0.1, -0.05) is 16.8 Å². The predicted molar refractivity (Wildman–Crippen MR) is 54.0 cm³/mol. The molecule has 78 valence electrons. The van der Waals surface area contributed by atoms with Crippen molar-refractivity contribution in [1.29, 1.82) is 0 Å². The molecule has 0 aliphatic rings. The van der Waals surface area contributed by atoms with Crippen molar-refractivity contribution in [3.05, 3.63) is 22.3 Å². The highest BCUT2D eigenvalue weighted by atomic mass is 35.5. The minimum Gasteiger partial charge on any atom is -0.481 e. The largest absolute Gasteiger partial charge is 0.481 e. The molecule has 0 aliphatic carbocycles. The molecular weight excluding hydrogens is 240 g/mol. The van der Waals surface area contributed by atoms with Crippen molar-refractivity contribution in [2.45, 2.75) is 6.42 Å². The molecule has 2 aromatic rings. The first-order valence-corrected chi connectivity index (χ1v) is 5.14. The molecule has 0 aromatic carbocycles. The van der Waals surface area contributed by atoms with Gasteiger partial charge in [0.2, 0.25) is 0 Å². The van der Waals surface area contributed by atoms with E-state index in [1.807, 2.05) is 0 Å². The summed E-state index contributed by atoms with van der Waals surface area (Å²) in [5.41, 5.74) is 0. The number of carboxylic acids is 1. The zero-order chi connectivity index (χ0) is 10.8. The molecule has 0 radical (unpaired) electrons. The SMILES string of the molecule is O=C(O)Cc1noc(-c2ccc(Cl)s2)n1. The Morgan fingerprint density at radius 3 is 3.00 bits per heavy atom. The van der Waals surface area contributed by atoms with Gasteiger partial charge in [0.25, 0.3) is 5.89 Å². The second-order valence-corrected chi connectivity index (χ2v) is 4.41. The summed E-state index contributed by atoms with van der Waals surface area (Å²) in [7, 11) is 0. The maximum atomic E-state index is 10.4. The Balaban J connectivity index is 2.23. The normalized spacial score (nSPS) is 10.5. The van der Waals surface area contributed by atoms with Gasteiger partial charge in [0.1, 0.15) is 6.42 Å². The fraction of sp³-hybridized carbons (Fsp3) is 0.125. The first kappa shape index (κ1) is 10.1. The van der Waals surface area contributed by atoms with E-state index in [0.29, 0.717) is 10.2 Å². The zero-order valence-electron chi connectivity index (χ0n) is 7.31. The highest BCUT2D eigenvalue weighted by Crippen LogP contribution is 2.29. The summed E-state index contributed by atoms with van der Waals surface area (Å²) in [5.74, 6) is -0.545. The fourth-order valence-corrected chi connectivity index (χ4v) is 1.96. The van der Waals surface area contributed by atoms with E-state index in [9.17, 15) is 4.79 Å². The molecule has 2 rings (SSSR count). The van der Waals surface area contributed by atoms with Crippen LogP contribution in [0.3, 0.4) is 0 Å². The lowest BCUT2D eigenvalue weighted by molar-refractivity contribution is -0.136. The molecule has 1 N–H and O–H groups in total. The van der Waals surface area contributed by atoms with E-state index in [4.69, 9.17) is 21.2 Å². The number of carbonyl (C=O) groups is 1. The monoisotopic (exact) mass is 244 g/mol. The number of aliphatic carboxylic acids is 1. The van der Waals surface area contributed by atoms with Crippen LogP contribution in [-0.4, -0.2) is 21.2 Å². The van der Waals surface area contributed by atoms with Crippen molar-refractivity contribution in [2.75, 3.05) is 0 Å². The molecular formula is C8H5ClN2O3S. The van der Waals surface area contributed by atoms with Crippen LogP contribution < -0.4 is 0 Å². The summed E-state index contributed by atoms with van der Waals surface area (Å²) in [6.45, 7) is 0. The van der Waals surface area contributed by atoms with Crippen LogP contribution in [0.4, 0.5) is 0 Å². The first-order valence-electron chi connectivity index (χ1n) is 3.95. The lowest BCUT2D eigenvalue weighted by atomic mass is 10.4. The van der Waals surface area contributed by atoms with Crippen molar-refractivity contribution < 1.29 is 14.4 Å². The fourth-order valence-electron chi connectivity index (χ4n) is 0.990. The summed E-state index contributed by atoms with van der Waals surface area (Å²) in [4.78, 5) is 15.0. The zero-order valence-corrected chi connectivity index (χ0v) is 8.88. The van der Waals surface area contributed by atoms with E-state index in [0.717, 1.165) is 4.88 Å². The van der Waals surface area contributed by atoms with Crippen molar-refractivity contribution in [2.24, 2.45) is 0 Å². The number of hydrogen-bond acceptors (Lipinski definition) is 5. The first-order chi connectivity index (χ1) is 7.15. The van der Waals surface area contributed by atoms with Gasteiger partial charge in [-0.2, -0.15) is 4.98 Å². The third-order valence-electron chi connectivity index (χ3n) is 1.56. The molecule has 7 heteroatoms. The molecule has 0 saturated carbocycles. The molecule has 0 fully saturated rings. The molecule has 2 aromatic heterocycles. The van der Waals surface area contributed by atoms with Gasteiger partial charge in [-0.05, 0) is 12.1 Å². The van der Waals surface area contributed by atoms with Crippen molar-refractivity contribution >= 4 is 28.9 Å². The lowest BCUT2D eigenvalue weighted by Crippen LogP contribution is -2.01. The molecule has 0 spiro atoms. The summed E-state index contributed by atoms with van der Waals surface area (Å²) >= 11 is 7.03. The topological polar surface area (TPSA) is 76.2 Å². The minimum atomic E-state index is -0.994. The quantitative estimate of drug-likeness (QED) is 0.895. The van der Waals surface area contributed by atoms with Crippen LogP contribution in [0.1, 0.15) is 5.82 Å². The summed E-state index contributed by atoms with van der Waals surface area (Å²) in [5, 5.41) is 12.0. The molecule has 0 bridgehead atoms. The Bertz CT molecular complexity index is 494. The number of carboxylic acid groups (broad SMARTS) is 1. The third-order valence-corrected chi connectivity index (χ3v) is 2.78. The number of aromatic nitrogens is 2. The lowest BCUT2D eigenvalue weighted by Gasteiger charge is -1.84. The number of halogens is 1. The maximum Gasteiger partial charge on any atom is 0.311 e. The van der Waals surface area contributed by atoms with Crippen molar-refractivity contribution in [3.8, 4) is 10.8 Å². The number of hydrogen-bond donors (Lipinski definition) is 1. The van der Waals surface area contributed by atoms with E-state index in [1.165, 1.54) is 11.3 Å². The molecule has 2 heterocycles. The van der Waals surface area contributed by atoms with Crippen molar-refractivity contribution in [3.63, 3.8) is 0 Å². The van der Waals surface area contributed by atoms with Crippen LogP contribution in [0.5, 0.6) is 0 Å². The van der Waals surface area contributed by atoms with E-state index < -0.39 is 5.97 Å². The minimum absolute atomic E-state index is 0.155. The van der Waals surface area contributed by atoms with E-state index >= 15 is 0 Å². The smallest absolute Gasteiger partial charge is 0.311 e. The predicted octanol–water partition coefficient (Wildman–Crippen LogP) is 2.08. The second-order valence-electron chi connectivity index (χ2n) is 2.69. The van der Waals surface area contributed by atoms with Crippen LogP contribution in [-0.2, 0) is 11.2 Å². The molecule has 0 atom stereocenters. The van der Waals surface area contributed by atoms with Gasteiger partial charge in [0.15, 0.2) is 5.82 Å². The molecule has 0 saturated heterocycles. The molecule has 5 nitrogen and oxygen atoms in total. The average Bonchev–Trinajstić information content (AvgIpc) is 2.72. The van der Waals surface area contributed by atoms with Gasteiger partial charge in [-0.15, -0.1) is 11.3 Å². The van der Waals surface area contributed by atoms with Crippen LogP contribution in [0.2, 0.25) is 4.34 Å².